The smallest absolute Gasteiger partial charge is 0.337 e. The van der Waals surface area contributed by atoms with Crippen LogP contribution in [0.2, 0.25) is 0 Å². The van der Waals surface area contributed by atoms with Crippen molar-refractivity contribution in [3.8, 4) is 0 Å². The molecule has 36 heavy (non-hydrogen) atoms. The molecule has 0 aliphatic carbocycles. The molecular weight excluding hydrogens is 458 g/mol. The minimum absolute atomic E-state index is 0.118. The zero-order chi connectivity index (χ0) is 25.3. The topological polar surface area (TPSA) is 104 Å². The second-order valence-corrected chi connectivity index (χ2v) is 8.39. The minimum Gasteiger partial charge on any atom is -0.465 e. The van der Waals surface area contributed by atoms with Crippen molar-refractivity contribution in [3.05, 3.63) is 90.3 Å². The molecule has 4 rings (SSSR count). The number of nitrogens with zero attached hydrogens (tertiary/aromatic N) is 3. The van der Waals surface area contributed by atoms with E-state index in [2.05, 4.69) is 42.3 Å². The van der Waals surface area contributed by atoms with Gasteiger partial charge >= 0.3 is 17.8 Å². The molecular formula is C27H29N5O4. The summed E-state index contributed by atoms with van der Waals surface area (Å²) in [7, 11) is 1.30. The maximum absolute atomic E-state index is 12.6. The van der Waals surface area contributed by atoms with Crippen LogP contribution in [0.3, 0.4) is 0 Å². The van der Waals surface area contributed by atoms with Crippen LogP contribution in [0.25, 0.3) is 0 Å². The van der Waals surface area contributed by atoms with Gasteiger partial charge in [0.15, 0.2) is 0 Å². The van der Waals surface area contributed by atoms with Crippen molar-refractivity contribution in [2.75, 3.05) is 50.1 Å². The summed E-state index contributed by atoms with van der Waals surface area (Å²) in [6.07, 6.45) is 3.51. The maximum atomic E-state index is 12.6. The zero-order valence-corrected chi connectivity index (χ0v) is 20.1. The standard InChI is InChI=1S/C27H29N5O4/c1-36-27(35)20-9-11-22(12-10-20)30-26(34)25(33)29-19-24(21-6-5-13-28-18-21)32-16-14-31(15-17-32)23-7-3-2-4-8-23/h2-13,18,24H,14-17,19H2,1H3,(H,29,33)(H,30,34). The van der Waals surface area contributed by atoms with Gasteiger partial charge in [-0.25, -0.2) is 4.79 Å². The van der Waals surface area contributed by atoms with Crippen molar-refractivity contribution >= 4 is 29.2 Å². The Hall–Kier alpha value is -4.24. The molecule has 1 aromatic heterocycles. The molecule has 1 fully saturated rings. The molecule has 1 atom stereocenters. The first-order chi connectivity index (χ1) is 17.5. The van der Waals surface area contributed by atoms with Crippen LogP contribution in [0.1, 0.15) is 22.0 Å². The van der Waals surface area contributed by atoms with E-state index in [0.717, 1.165) is 31.7 Å². The van der Waals surface area contributed by atoms with Crippen LogP contribution in [-0.4, -0.2) is 67.5 Å². The molecule has 1 unspecified atom stereocenters. The maximum Gasteiger partial charge on any atom is 0.337 e. The van der Waals surface area contributed by atoms with Gasteiger partial charge in [0.2, 0.25) is 0 Å². The third kappa shape index (κ3) is 6.25. The number of rotatable bonds is 7. The molecule has 2 N–H and O–H groups in total. The van der Waals surface area contributed by atoms with Crippen LogP contribution in [-0.2, 0) is 14.3 Å². The summed E-state index contributed by atoms with van der Waals surface area (Å²) < 4.78 is 4.66. The van der Waals surface area contributed by atoms with Gasteiger partial charge in [0.25, 0.3) is 0 Å². The zero-order valence-electron chi connectivity index (χ0n) is 20.1. The Bertz CT molecular complexity index is 1160. The predicted octanol–water partition coefficient (Wildman–Crippen LogP) is 2.49. The third-order valence-electron chi connectivity index (χ3n) is 6.17. The number of hydrogen-bond donors (Lipinski definition) is 2. The van der Waals surface area contributed by atoms with Crippen molar-refractivity contribution in [2.45, 2.75) is 6.04 Å². The van der Waals surface area contributed by atoms with Gasteiger partial charge in [-0.05, 0) is 48.0 Å². The molecule has 2 heterocycles. The Morgan fingerprint density at radius 2 is 1.64 bits per heavy atom. The van der Waals surface area contributed by atoms with Gasteiger partial charge in [-0.2, -0.15) is 0 Å². The lowest BCUT2D eigenvalue weighted by Crippen LogP contribution is -2.50. The minimum atomic E-state index is -0.778. The molecule has 2 aromatic carbocycles. The lowest BCUT2D eigenvalue weighted by atomic mass is 10.1. The number of ether oxygens (including phenoxy) is 1. The molecule has 1 aliphatic heterocycles. The highest BCUT2D eigenvalue weighted by Gasteiger charge is 2.27. The SMILES string of the molecule is COC(=O)c1ccc(NC(=O)C(=O)NCC(c2cccnc2)N2CCN(c3ccccc3)CC2)cc1. The van der Waals surface area contributed by atoms with Gasteiger partial charge in [0.05, 0.1) is 18.7 Å². The third-order valence-corrected chi connectivity index (χ3v) is 6.17. The van der Waals surface area contributed by atoms with E-state index < -0.39 is 17.8 Å². The number of benzene rings is 2. The average molecular weight is 488 g/mol. The largest absolute Gasteiger partial charge is 0.465 e. The lowest BCUT2D eigenvalue weighted by Gasteiger charge is -2.40. The normalized spacial score (nSPS) is 14.5. The van der Waals surface area contributed by atoms with Crippen LogP contribution >= 0.6 is 0 Å². The number of esters is 1. The van der Waals surface area contributed by atoms with Gasteiger partial charge in [0.1, 0.15) is 0 Å². The van der Waals surface area contributed by atoms with Crippen LogP contribution < -0.4 is 15.5 Å². The van der Waals surface area contributed by atoms with E-state index in [9.17, 15) is 14.4 Å². The molecule has 2 amide bonds. The first-order valence-electron chi connectivity index (χ1n) is 11.8. The number of piperazine rings is 1. The highest BCUT2D eigenvalue weighted by molar-refractivity contribution is 6.39. The number of methoxy groups -OCH3 is 1. The molecule has 0 bridgehead atoms. The van der Waals surface area contributed by atoms with E-state index in [1.807, 2.05) is 30.3 Å². The second-order valence-electron chi connectivity index (χ2n) is 8.39. The summed E-state index contributed by atoms with van der Waals surface area (Å²) in [5, 5.41) is 5.33. The Morgan fingerprint density at radius 3 is 2.28 bits per heavy atom. The van der Waals surface area contributed by atoms with Crippen LogP contribution in [0.5, 0.6) is 0 Å². The van der Waals surface area contributed by atoms with E-state index in [1.54, 1.807) is 24.5 Å². The summed E-state index contributed by atoms with van der Waals surface area (Å²) in [5.74, 6) is -1.99. The molecule has 1 aliphatic rings. The highest BCUT2D eigenvalue weighted by Crippen LogP contribution is 2.23. The number of carbonyl (C=O) groups excluding carboxylic acids is 3. The number of aromatic nitrogens is 1. The second kappa shape index (κ2) is 11.9. The highest BCUT2D eigenvalue weighted by atomic mass is 16.5. The number of nitrogens with one attached hydrogen (secondary N) is 2. The van der Waals surface area contributed by atoms with Crippen molar-refractivity contribution < 1.29 is 19.1 Å². The van der Waals surface area contributed by atoms with Crippen LogP contribution in [0.15, 0.2) is 79.1 Å². The Labute approximate surface area is 210 Å². The average Bonchev–Trinajstić information content (AvgIpc) is 2.94. The number of pyridine rings is 1. The van der Waals surface area contributed by atoms with Crippen molar-refractivity contribution in [3.63, 3.8) is 0 Å². The molecule has 9 heteroatoms. The van der Waals surface area contributed by atoms with E-state index in [-0.39, 0.29) is 12.6 Å². The first-order valence-corrected chi connectivity index (χ1v) is 11.8. The number of para-hydroxylation sites is 1. The number of anilines is 2. The first kappa shape index (κ1) is 24.9. The lowest BCUT2D eigenvalue weighted by molar-refractivity contribution is -0.136. The van der Waals surface area contributed by atoms with Crippen molar-refractivity contribution in [1.29, 1.82) is 0 Å². The molecule has 9 nitrogen and oxygen atoms in total. The van der Waals surface area contributed by atoms with E-state index in [0.29, 0.717) is 11.3 Å². The molecule has 1 saturated heterocycles. The summed E-state index contributed by atoms with van der Waals surface area (Å²) in [6.45, 7) is 3.60. The molecule has 186 valence electrons. The van der Waals surface area contributed by atoms with E-state index in [1.165, 1.54) is 24.9 Å². The predicted molar refractivity (Wildman–Crippen MR) is 137 cm³/mol. The summed E-state index contributed by atoms with van der Waals surface area (Å²) in [6, 6.07) is 20.2. The number of carbonyl (C=O) groups is 3. The van der Waals surface area contributed by atoms with E-state index >= 15 is 0 Å². The van der Waals surface area contributed by atoms with Gasteiger partial charge in [0, 0.05) is 56.5 Å². The Balaban J connectivity index is 1.36. The van der Waals surface area contributed by atoms with Crippen molar-refractivity contribution in [2.24, 2.45) is 0 Å². The molecule has 0 saturated carbocycles. The van der Waals surface area contributed by atoms with Gasteiger partial charge in [-0.1, -0.05) is 24.3 Å². The van der Waals surface area contributed by atoms with Gasteiger partial charge in [-0.15, -0.1) is 0 Å². The fourth-order valence-corrected chi connectivity index (χ4v) is 4.23. The Morgan fingerprint density at radius 1 is 0.917 bits per heavy atom. The molecule has 3 aromatic rings. The quantitative estimate of drug-likeness (QED) is 0.390. The summed E-state index contributed by atoms with van der Waals surface area (Å²) in [5.41, 5.74) is 2.93. The van der Waals surface area contributed by atoms with E-state index in [4.69, 9.17) is 0 Å². The Kier molecular flexibility index (Phi) is 8.25. The number of amides is 2. The van der Waals surface area contributed by atoms with Crippen LogP contribution in [0, 0.1) is 0 Å². The number of hydrogen-bond acceptors (Lipinski definition) is 7. The molecule has 0 spiro atoms. The summed E-state index contributed by atoms with van der Waals surface area (Å²) >= 11 is 0. The van der Waals surface area contributed by atoms with Gasteiger partial charge in [-0.3, -0.25) is 19.5 Å². The van der Waals surface area contributed by atoms with Gasteiger partial charge < -0.3 is 20.3 Å². The monoisotopic (exact) mass is 487 g/mol. The summed E-state index contributed by atoms with van der Waals surface area (Å²) in [4.78, 5) is 45.5. The fraction of sp³-hybridized carbons (Fsp3) is 0.259. The molecule has 0 radical (unpaired) electrons. The van der Waals surface area contributed by atoms with Crippen molar-refractivity contribution in [1.82, 2.24) is 15.2 Å². The fourth-order valence-electron chi connectivity index (χ4n) is 4.23. The van der Waals surface area contributed by atoms with Crippen LogP contribution in [0.4, 0.5) is 11.4 Å².